The van der Waals surface area contributed by atoms with E-state index >= 15 is 0 Å². The standard InChI is InChI=1S/C20H21N7O2S2/c21-20(22)27-19(16-11-30-12-25-16)31-8-7-24-17(28)13-3-1-5-15(9-13)26-18(29)14-4-2-6-23-10-14/h1-6,9-12,19H,7-8H2,(H,24,28)(H,26,29)(H4,21,22,27). The van der Waals surface area contributed by atoms with Gasteiger partial charge in [-0.3, -0.25) is 14.6 Å². The van der Waals surface area contributed by atoms with Crippen LogP contribution in [0.5, 0.6) is 0 Å². The lowest BCUT2D eigenvalue weighted by atomic mass is 10.1. The molecule has 1 aromatic carbocycles. The number of hydrogen-bond acceptors (Lipinski definition) is 7. The Morgan fingerprint density at radius 2 is 2.00 bits per heavy atom. The molecular weight excluding hydrogens is 434 g/mol. The number of guanidine groups is 1. The maximum absolute atomic E-state index is 12.5. The minimum absolute atomic E-state index is 0.0142. The molecule has 11 heteroatoms. The fraction of sp³-hybridized carbons (Fsp3) is 0.150. The van der Waals surface area contributed by atoms with Crippen molar-refractivity contribution < 1.29 is 9.59 Å². The molecular formula is C20H21N7O2S2. The van der Waals surface area contributed by atoms with Gasteiger partial charge in [0.2, 0.25) is 0 Å². The molecule has 0 saturated heterocycles. The third kappa shape index (κ3) is 6.79. The molecule has 9 nitrogen and oxygen atoms in total. The van der Waals surface area contributed by atoms with Crippen molar-refractivity contribution in [1.82, 2.24) is 15.3 Å². The first-order valence-corrected chi connectivity index (χ1v) is 11.2. The third-order valence-electron chi connectivity index (χ3n) is 3.94. The number of nitrogens with two attached hydrogens (primary N) is 2. The lowest BCUT2D eigenvalue weighted by Crippen LogP contribution is -2.26. The van der Waals surface area contributed by atoms with Crippen LogP contribution in [0.3, 0.4) is 0 Å². The number of aliphatic imine (C=N–C) groups is 1. The van der Waals surface area contributed by atoms with Gasteiger partial charge in [-0.15, -0.1) is 23.1 Å². The van der Waals surface area contributed by atoms with Crippen LogP contribution < -0.4 is 22.1 Å². The summed E-state index contributed by atoms with van der Waals surface area (Å²) in [6, 6.07) is 10.1. The first-order chi connectivity index (χ1) is 15.0. The average Bonchev–Trinajstić information content (AvgIpc) is 3.31. The Morgan fingerprint density at radius 3 is 2.71 bits per heavy atom. The minimum atomic E-state index is -0.320. The van der Waals surface area contributed by atoms with Crippen molar-refractivity contribution in [2.45, 2.75) is 5.37 Å². The second-order valence-electron chi connectivity index (χ2n) is 6.22. The Balaban J connectivity index is 1.52. The van der Waals surface area contributed by atoms with Gasteiger partial charge < -0.3 is 22.1 Å². The number of nitrogens with zero attached hydrogens (tertiary/aromatic N) is 3. The summed E-state index contributed by atoms with van der Waals surface area (Å²) in [6.45, 7) is 0.413. The summed E-state index contributed by atoms with van der Waals surface area (Å²) in [5.74, 6) is 0.0296. The molecule has 0 fully saturated rings. The first-order valence-electron chi connectivity index (χ1n) is 9.21. The number of carbonyl (C=O) groups is 2. The molecule has 0 saturated carbocycles. The topological polar surface area (TPSA) is 148 Å². The molecule has 0 aliphatic rings. The summed E-state index contributed by atoms with van der Waals surface area (Å²) in [6.07, 6.45) is 3.07. The van der Waals surface area contributed by atoms with Gasteiger partial charge in [-0.05, 0) is 30.3 Å². The highest BCUT2D eigenvalue weighted by atomic mass is 32.2. The molecule has 0 radical (unpaired) electrons. The summed E-state index contributed by atoms with van der Waals surface area (Å²) in [7, 11) is 0. The number of aromatic nitrogens is 2. The highest BCUT2D eigenvalue weighted by Gasteiger charge is 2.14. The number of nitrogens with one attached hydrogen (secondary N) is 2. The molecule has 3 aromatic rings. The third-order valence-corrected chi connectivity index (χ3v) is 5.65. The van der Waals surface area contributed by atoms with Crippen LogP contribution in [0, 0.1) is 0 Å². The van der Waals surface area contributed by atoms with E-state index in [4.69, 9.17) is 11.5 Å². The van der Waals surface area contributed by atoms with E-state index in [-0.39, 0.29) is 23.1 Å². The molecule has 1 unspecified atom stereocenters. The maximum atomic E-state index is 12.5. The number of anilines is 1. The van der Waals surface area contributed by atoms with E-state index in [0.29, 0.717) is 29.1 Å². The number of rotatable bonds is 9. The number of amides is 2. The maximum Gasteiger partial charge on any atom is 0.257 e. The van der Waals surface area contributed by atoms with Crippen LogP contribution in [-0.4, -0.2) is 40.0 Å². The second-order valence-corrected chi connectivity index (χ2v) is 8.13. The molecule has 0 aliphatic heterocycles. The van der Waals surface area contributed by atoms with E-state index in [0.717, 1.165) is 5.69 Å². The number of benzene rings is 1. The molecule has 0 spiro atoms. The summed E-state index contributed by atoms with van der Waals surface area (Å²) >= 11 is 2.93. The van der Waals surface area contributed by atoms with Crippen LogP contribution in [-0.2, 0) is 0 Å². The van der Waals surface area contributed by atoms with Crippen molar-refractivity contribution >= 4 is 46.6 Å². The SMILES string of the molecule is NC(N)=NC(SCCNC(=O)c1cccc(NC(=O)c2cccnc2)c1)c1cscn1. The van der Waals surface area contributed by atoms with Gasteiger partial charge in [-0.25, -0.2) is 9.98 Å². The number of thiazole rings is 1. The zero-order valence-corrected chi connectivity index (χ0v) is 18.0. The van der Waals surface area contributed by atoms with Gasteiger partial charge in [0, 0.05) is 41.3 Å². The fourth-order valence-electron chi connectivity index (χ4n) is 2.54. The number of pyridine rings is 1. The molecule has 3 rings (SSSR count). The van der Waals surface area contributed by atoms with Crippen molar-refractivity contribution in [1.29, 1.82) is 0 Å². The van der Waals surface area contributed by atoms with Crippen molar-refractivity contribution in [2.75, 3.05) is 17.6 Å². The van der Waals surface area contributed by atoms with E-state index in [1.54, 1.807) is 48.1 Å². The van der Waals surface area contributed by atoms with Crippen LogP contribution in [0.25, 0.3) is 0 Å². The molecule has 2 amide bonds. The molecule has 1 atom stereocenters. The molecule has 0 aliphatic carbocycles. The van der Waals surface area contributed by atoms with Gasteiger partial charge in [-0.1, -0.05) is 6.07 Å². The predicted octanol–water partition coefficient (Wildman–Crippen LogP) is 2.23. The van der Waals surface area contributed by atoms with E-state index in [9.17, 15) is 9.59 Å². The van der Waals surface area contributed by atoms with Crippen LogP contribution in [0.4, 0.5) is 5.69 Å². The van der Waals surface area contributed by atoms with Crippen molar-refractivity contribution in [3.8, 4) is 0 Å². The molecule has 2 heterocycles. The van der Waals surface area contributed by atoms with E-state index in [1.807, 2.05) is 5.38 Å². The van der Waals surface area contributed by atoms with Gasteiger partial charge in [0.15, 0.2) is 5.96 Å². The molecule has 160 valence electrons. The van der Waals surface area contributed by atoms with E-state index in [2.05, 4.69) is 25.6 Å². The highest BCUT2D eigenvalue weighted by Crippen LogP contribution is 2.29. The van der Waals surface area contributed by atoms with Gasteiger partial charge >= 0.3 is 0 Å². The summed E-state index contributed by atoms with van der Waals surface area (Å²) in [5.41, 5.74) is 14.9. The quantitative estimate of drug-likeness (QED) is 0.220. The van der Waals surface area contributed by atoms with Gasteiger partial charge in [-0.2, -0.15) is 0 Å². The Labute approximate surface area is 187 Å². The number of thioether (sulfide) groups is 1. The lowest BCUT2D eigenvalue weighted by molar-refractivity contribution is 0.0954. The molecule has 2 aromatic heterocycles. The van der Waals surface area contributed by atoms with Crippen LogP contribution >= 0.6 is 23.1 Å². The summed E-state index contributed by atoms with van der Waals surface area (Å²) < 4.78 is 0. The van der Waals surface area contributed by atoms with Crippen molar-refractivity contribution in [2.24, 2.45) is 16.5 Å². The van der Waals surface area contributed by atoms with Gasteiger partial charge in [0.25, 0.3) is 11.8 Å². The Bertz CT molecular complexity index is 1040. The highest BCUT2D eigenvalue weighted by molar-refractivity contribution is 7.99. The zero-order valence-electron chi connectivity index (χ0n) is 16.4. The Kier molecular flexibility index (Phi) is 7.96. The normalized spacial score (nSPS) is 11.4. The fourth-order valence-corrected chi connectivity index (χ4v) is 4.14. The Hall–Kier alpha value is -3.44. The summed E-state index contributed by atoms with van der Waals surface area (Å²) in [4.78, 5) is 37.1. The van der Waals surface area contributed by atoms with Crippen molar-refractivity contribution in [3.63, 3.8) is 0 Å². The molecule has 31 heavy (non-hydrogen) atoms. The monoisotopic (exact) mass is 455 g/mol. The lowest BCUT2D eigenvalue weighted by Gasteiger charge is -2.11. The smallest absolute Gasteiger partial charge is 0.257 e. The largest absolute Gasteiger partial charge is 0.370 e. The van der Waals surface area contributed by atoms with Crippen LogP contribution in [0.1, 0.15) is 31.8 Å². The van der Waals surface area contributed by atoms with Gasteiger partial charge in [0.1, 0.15) is 5.37 Å². The minimum Gasteiger partial charge on any atom is -0.370 e. The molecule has 6 N–H and O–H groups in total. The Morgan fingerprint density at radius 1 is 1.16 bits per heavy atom. The average molecular weight is 456 g/mol. The first kappa shape index (κ1) is 22.2. The van der Waals surface area contributed by atoms with Crippen LogP contribution in [0.2, 0.25) is 0 Å². The second kappa shape index (κ2) is 11.1. The van der Waals surface area contributed by atoms with Crippen molar-refractivity contribution in [3.05, 3.63) is 76.5 Å². The number of carbonyl (C=O) groups excluding carboxylic acids is 2. The molecule has 0 bridgehead atoms. The van der Waals surface area contributed by atoms with E-state index < -0.39 is 0 Å². The van der Waals surface area contributed by atoms with E-state index in [1.165, 1.54) is 29.3 Å². The predicted molar refractivity (Wildman–Crippen MR) is 124 cm³/mol. The van der Waals surface area contributed by atoms with Crippen LogP contribution in [0.15, 0.2) is 64.7 Å². The summed E-state index contributed by atoms with van der Waals surface area (Å²) in [5, 5.41) is 7.18. The zero-order chi connectivity index (χ0) is 22.1. The van der Waals surface area contributed by atoms with Gasteiger partial charge in [0.05, 0.1) is 16.8 Å². The number of hydrogen-bond donors (Lipinski definition) is 4.